The predicted molar refractivity (Wildman–Crippen MR) is 188 cm³/mol. The number of rotatable bonds is 13. The smallest absolute Gasteiger partial charge is 0.343 e. The largest absolute Gasteiger partial charge is 1.00 e. The average Bonchev–Trinajstić information content (AvgIpc) is 3.78. The van der Waals surface area contributed by atoms with Gasteiger partial charge < -0.3 is 53.7 Å². The second kappa shape index (κ2) is 16.3. The normalized spacial score (nSPS) is 15.6. The number of benzene rings is 2. The first-order valence-electron chi connectivity index (χ1n) is 17.0. The molecule has 8 nitrogen and oxygen atoms in total. The monoisotopic (exact) mass is 754 g/mol. The summed E-state index contributed by atoms with van der Waals surface area (Å²) in [6, 6.07) is 13.5. The van der Waals surface area contributed by atoms with E-state index in [1.807, 2.05) is 49.5 Å². The number of aromatic nitrogens is 1. The summed E-state index contributed by atoms with van der Waals surface area (Å²) in [6.45, 7) is 13.8. The van der Waals surface area contributed by atoms with Gasteiger partial charge in [0.05, 0.1) is 22.3 Å². The highest BCUT2D eigenvalue weighted by Gasteiger charge is 2.20. The molecule has 6 rings (SSSR count). The molecular weight excluding hydrogens is 706 g/mol. The fraction of sp³-hybridized carbons (Fsp3) is 0.459. The number of fused-ring (bicyclic) bond motifs is 2. The van der Waals surface area contributed by atoms with Crippen LogP contribution in [-0.4, -0.2) is 75.2 Å². The number of hydrogen-bond donors (Lipinski definition) is 2. The van der Waals surface area contributed by atoms with Crippen molar-refractivity contribution in [1.82, 2.24) is 9.80 Å². The van der Waals surface area contributed by atoms with Crippen LogP contribution in [0.5, 0.6) is 0 Å². The predicted octanol–water partition coefficient (Wildman–Crippen LogP) is 2.95. The Hall–Kier alpha value is -3.22. The van der Waals surface area contributed by atoms with Crippen molar-refractivity contribution in [3.63, 3.8) is 0 Å². The van der Waals surface area contributed by atoms with Gasteiger partial charge >= 0.3 is 5.63 Å². The zero-order valence-corrected chi connectivity index (χ0v) is 30.1. The molecule has 4 aromatic rings. The molecule has 2 fully saturated rings. The molecule has 2 aromatic carbocycles. The van der Waals surface area contributed by atoms with E-state index >= 15 is 4.39 Å². The molecule has 0 radical (unpaired) electrons. The van der Waals surface area contributed by atoms with Gasteiger partial charge in [0.1, 0.15) is 18.4 Å². The summed E-state index contributed by atoms with van der Waals surface area (Å²) in [5, 5.41) is 8.66. The molecular formula is C37H48FIN6O2. The van der Waals surface area contributed by atoms with Gasteiger partial charge in [0.15, 0.2) is 0 Å². The molecule has 2 saturated heterocycles. The Bertz CT molecular complexity index is 1760. The highest BCUT2D eigenvalue weighted by Crippen LogP contribution is 2.29. The lowest BCUT2D eigenvalue weighted by molar-refractivity contribution is -0.646. The standard InChI is InChI=1S/C37H47FN6O2.HI/c1-4-44(5-2)30-13-10-27-22-28(37(45)46-36(27)24-30)11-12-29-23-33(39-14-20-42-16-6-7-17-42)31-25-32(38)34(26-35(31)41(29)3)40-15-21-43-18-8-9-19-43;/h10-13,22-26H,4-9,14-21H2,1-3H3,(H,39,40);1H/b12-11+;. The number of aryl methyl sites for hydroxylation is 1. The highest BCUT2D eigenvalue weighted by atomic mass is 127. The lowest BCUT2D eigenvalue weighted by Gasteiger charge is -2.20. The van der Waals surface area contributed by atoms with Gasteiger partial charge in [-0.05, 0) is 96.1 Å². The fourth-order valence-electron chi connectivity index (χ4n) is 6.86. The number of anilines is 3. The number of halogens is 2. The van der Waals surface area contributed by atoms with Gasteiger partial charge in [-0.2, -0.15) is 4.57 Å². The van der Waals surface area contributed by atoms with Crippen LogP contribution in [-0.2, 0) is 7.05 Å². The van der Waals surface area contributed by atoms with E-state index in [1.54, 1.807) is 6.07 Å². The summed E-state index contributed by atoms with van der Waals surface area (Å²) in [4.78, 5) is 20.2. The minimum absolute atomic E-state index is 0. The van der Waals surface area contributed by atoms with Crippen LogP contribution in [0.4, 0.5) is 21.5 Å². The van der Waals surface area contributed by atoms with E-state index in [-0.39, 0.29) is 35.4 Å². The van der Waals surface area contributed by atoms with Crippen LogP contribution in [0.3, 0.4) is 0 Å². The molecule has 2 aliphatic rings. The summed E-state index contributed by atoms with van der Waals surface area (Å²) in [7, 11) is 1.99. The first-order chi connectivity index (χ1) is 22.4. The topological polar surface area (TPSA) is 67.9 Å². The Morgan fingerprint density at radius 3 is 2.15 bits per heavy atom. The third-order valence-electron chi connectivity index (χ3n) is 9.61. The van der Waals surface area contributed by atoms with E-state index < -0.39 is 0 Å². The molecule has 0 bridgehead atoms. The number of pyridine rings is 1. The Morgan fingerprint density at radius 2 is 1.51 bits per heavy atom. The van der Waals surface area contributed by atoms with Crippen LogP contribution in [0.25, 0.3) is 34.0 Å². The van der Waals surface area contributed by atoms with Crippen molar-refractivity contribution in [1.29, 1.82) is 0 Å². The van der Waals surface area contributed by atoms with Gasteiger partial charge in [-0.15, -0.1) is 0 Å². The maximum Gasteiger partial charge on any atom is 0.343 e. The number of nitrogens with zero attached hydrogens (tertiary/aromatic N) is 4. The molecule has 2 N–H and O–H groups in total. The first kappa shape index (κ1) is 35.1. The molecule has 10 heteroatoms. The lowest BCUT2D eigenvalue weighted by atomic mass is 10.1. The quantitative estimate of drug-likeness (QED) is 0.124. The number of likely N-dealkylation sites (tertiary alicyclic amines) is 2. The van der Waals surface area contributed by atoms with Gasteiger partial charge in [-0.25, -0.2) is 9.18 Å². The molecule has 252 valence electrons. The van der Waals surface area contributed by atoms with Crippen molar-refractivity contribution in [3.8, 4) is 0 Å². The molecule has 0 atom stereocenters. The Labute approximate surface area is 294 Å². The van der Waals surface area contributed by atoms with Crippen LogP contribution in [0.2, 0.25) is 0 Å². The molecule has 2 aliphatic heterocycles. The maximum absolute atomic E-state index is 15.5. The SMILES string of the molecule is CCN(CC)c1ccc2cc(/C=C/c3cc(NCCN4CCCC4)c4cc(F)c(NCCN5CCCC5)cc4[n+]3C)c(=O)oc2c1.[I-]. The molecule has 0 amide bonds. The lowest BCUT2D eigenvalue weighted by Crippen LogP contribution is -3.00. The van der Waals surface area contributed by atoms with Crippen molar-refractivity contribution in [2.45, 2.75) is 39.5 Å². The number of nitrogens with one attached hydrogen (secondary N) is 2. The maximum atomic E-state index is 15.5. The van der Waals surface area contributed by atoms with E-state index in [9.17, 15) is 4.79 Å². The highest BCUT2D eigenvalue weighted by molar-refractivity contribution is 5.92. The molecule has 0 aliphatic carbocycles. The van der Waals surface area contributed by atoms with Crippen LogP contribution < -0.4 is 49.7 Å². The first-order valence-corrected chi connectivity index (χ1v) is 17.0. The zero-order chi connectivity index (χ0) is 32.0. The average molecular weight is 755 g/mol. The minimum Gasteiger partial charge on any atom is -1.00 e. The van der Waals surface area contributed by atoms with E-state index in [1.165, 1.54) is 25.7 Å². The van der Waals surface area contributed by atoms with Crippen LogP contribution in [0.1, 0.15) is 50.8 Å². The molecule has 0 spiro atoms. The summed E-state index contributed by atoms with van der Waals surface area (Å²) < 4.78 is 23.3. The third kappa shape index (κ3) is 8.26. The van der Waals surface area contributed by atoms with Crippen molar-refractivity contribution in [2.24, 2.45) is 7.05 Å². The summed E-state index contributed by atoms with van der Waals surface area (Å²) in [6.07, 6.45) is 8.73. The molecule has 47 heavy (non-hydrogen) atoms. The molecule has 0 saturated carbocycles. The van der Waals surface area contributed by atoms with Gasteiger partial charge in [-0.1, -0.05) is 0 Å². The molecule has 4 heterocycles. The van der Waals surface area contributed by atoms with Crippen molar-refractivity contribution in [2.75, 3.05) is 81.0 Å². The van der Waals surface area contributed by atoms with Gasteiger partial charge in [-0.3, -0.25) is 0 Å². The zero-order valence-electron chi connectivity index (χ0n) is 28.0. The van der Waals surface area contributed by atoms with E-state index in [0.717, 1.165) is 92.3 Å². The number of hydrogen-bond acceptors (Lipinski definition) is 7. The van der Waals surface area contributed by atoms with Gasteiger partial charge in [0.2, 0.25) is 11.2 Å². The summed E-state index contributed by atoms with van der Waals surface area (Å²) >= 11 is 0. The molecule has 2 aromatic heterocycles. The van der Waals surface area contributed by atoms with Crippen LogP contribution in [0, 0.1) is 5.82 Å². The molecule has 0 unspecified atom stereocenters. The second-order valence-electron chi connectivity index (χ2n) is 12.6. The summed E-state index contributed by atoms with van der Waals surface area (Å²) in [5.74, 6) is -0.252. The van der Waals surface area contributed by atoms with E-state index in [4.69, 9.17) is 4.42 Å². The summed E-state index contributed by atoms with van der Waals surface area (Å²) in [5.41, 5.74) is 4.91. The van der Waals surface area contributed by atoms with Crippen molar-refractivity contribution < 1.29 is 37.4 Å². The minimum atomic E-state index is -0.376. The fourth-order valence-corrected chi connectivity index (χ4v) is 6.86. The van der Waals surface area contributed by atoms with E-state index in [2.05, 4.69) is 49.8 Å². The van der Waals surface area contributed by atoms with E-state index in [0.29, 0.717) is 23.4 Å². The van der Waals surface area contributed by atoms with Gasteiger partial charge in [0, 0.05) is 74.6 Å². The van der Waals surface area contributed by atoms with Crippen molar-refractivity contribution >= 4 is 51.1 Å². The Balaban J connectivity index is 0.00000433. The third-order valence-corrected chi connectivity index (χ3v) is 9.61. The Kier molecular flexibility index (Phi) is 12.1. The van der Waals surface area contributed by atoms with Crippen molar-refractivity contribution in [3.05, 3.63) is 70.0 Å². The van der Waals surface area contributed by atoms with Gasteiger partial charge in [0.25, 0.3) is 0 Å². The van der Waals surface area contributed by atoms with Crippen LogP contribution >= 0.6 is 0 Å². The van der Waals surface area contributed by atoms with Crippen LogP contribution in [0.15, 0.2) is 51.7 Å². The Morgan fingerprint density at radius 1 is 0.872 bits per heavy atom. The second-order valence-corrected chi connectivity index (χ2v) is 12.6.